The lowest BCUT2D eigenvalue weighted by molar-refractivity contribution is -0.136. The Morgan fingerprint density at radius 2 is 2.05 bits per heavy atom. The van der Waals surface area contributed by atoms with E-state index in [0.29, 0.717) is 5.69 Å². The molecule has 6 nitrogen and oxygen atoms in total. The maximum Gasteiger partial charge on any atom is 0.337 e. The highest BCUT2D eigenvalue weighted by atomic mass is 16.5. The molecule has 0 unspecified atom stereocenters. The maximum atomic E-state index is 12.2. The fraction of sp³-hybridized carbons (Fsp3) is 0.400. The van der Waals surface area contributed by atoms with Gasteiger partial charge in [-0.05, 0) is 32.0 Å². The third kappa shape index (κ3) is 3.11. The molecule has 0 atom stereocenters. The topological polar surface area (TPSA) is 81.7 Å². The summed E-state index contributed by atoms with van der Waals surface area (Å²) in [5.41, 5.74) is -0.106. The van der Waals surface area contributed by atoms with Gasteiger partial charge in [0.25, 0.3) is 5.91 Å². The molecule has 1 aliphatic rings. The summed E-state index contributed by atoms with van der Waals surface area (Å²) in [6, 6.07) is 4.46. The molecule has 0 saturated heterocycles. The van der Waals surface area contributed by atoms with Crippen LogP contribution in [0.4, 0.5) is 5.69 Å². The molecule has 1 N–H and O–H groups in total. The molecule has 0 saturated carbocycles. The Morgan fingerprint density at radius 1 is 1.33 bits per heavy atom. The number of ketones is 1. The number of carbonyl (C=O) groups is 3. The molecule has 1 heterocycles. The van der Waals surface area contributed by atoms with Crippen molar-refractivity contribution in [3.05, 3.63) is 29.3 Å². The third-order valence-electron chi connectivity index (χ3n) is 3.33. The monoisotopic (exact) mass is 291 g/mol. The Hall–Kier alpha value is -2.21. The van der Waals surface area contributed by atoms with Gasteiger partial charge in [-0.1, -0.05) is 0 Å². The van der Waals surface area contributed by atoms with Crippen LogP contribution < -0.4 is 5.32 Å². The van der Waals surface area contributed by atoms with Crippen molar-refractivity contribution in [1.82, 2.24) is 0 Å². The summed E-state index contributed by atoms with van der Waals surface area (Å²) >= 11 is 0. The average Bonchev–Trinajstić information content (AvgIpc) is 2.49. The highest BCUT2D eigenvalue weighted by Crippen LogP contribution is 2.24. The number of ether oxygens (including phenoxy) is 2. The van der Waals surface area contributed by atoms with Crippen LogP contribution in [0.15, 0.2) is 18.2 Å². The Kier molecular flexibility index (Phi) is 4.09. The number of esters is 1. The van der Waals surface area contributed by atoms with Gasteiger partial charge < -0.3 is 14.8 Å². The number of Topliss-reactive ketones (excluding diaryl/α,β-unsaturated/α-hetero) is 1. The van der Waals surface area contributed by atoms with Crippen LogP contribution in [0.2, 0.25) is 0 Å². The van der Waals surface area contributed by atoms with Gasteiger partial charge >= 0.3 is 5.97 Å². The van der Waals surface area contributed by atoms with Gasteiger partial charge in [-0.3, -0.25) is 9.59 Å². The Balaban J connectivity index is 2.46. The zero-order valence-electron chi connectivity index (χ0n) is 12.2. The molecule has 0 aromatic heterocycles. The first-order valence-electron chi connectivity index (χ1n) is 6.56. The van der Waals surface area contributed by atoms with Crippen molar-refractivity contribution in [2.45, 2.75) is 25.9 Å². The van der Waals surface area contributed by atoms with Gasteiger partial charge in [-0.2, -0.15) is 0 Å². The van der Waals surface area contributed by atoms with Gasteiger partial charge in [0, 0.05) is 12.0 Å². The summed E-state index contributed by atoms with van der Waals surface area (Å²) in [4.78, 5) is 35.9. The van der Waals surface area contributed by atoms with Crippen molar-refractivity contribution in [2.75, 3.05) is 19.0 Å². The Bertz CT molecular complexity index is 606. The lowest BCUT2D eigenvalue weighted by Gasteiger charge is -2.23. The molecule has 1 aromatic carbocycles. The smallest absolute Gasteiger partial charge is 0.337 e. The van der Waals surface area contributed by atoms with Crippen LogP contribution in [-0.4, -0.2) is 37.0 Å². The van der Waals surface area contributed by atoms with Crippen LogP contribution in [0.3, 0.4) is 0 Å². The van der Waals surface area contributed by atoms with Crippen LogP contribution in [0, 0.1) is 0 Å². The molecule has 112 valence electrons. The second-order valence-electron chi connectivity index (χ2n) is 5.24. The minimum atomic E-state index is -1.02. The molecule has 0 radical (unpaired) electrons. The normalized spacial score (nSPS) is 17.9. The van der Waals surface area contributed by atoms with Gasteiger partial charge in [-0.15, -0.1) is 0 Å². The number of benzene rings is 1. The minimum Gasteiger partial charge on any atom is -0.465 e. The Labute approximate surface area is 122 Å². The highest BCUT2D eigenvalue weighted by molar-refractivity contribution is 6.08. The summed E-state index contributed by atoms with van der Waals surface area (Å²) in [7, 11) is 1.27. The molecule has 0 spiro atoms. The average molecular weight is 291 g/mol. The van der Waals surface area contributed by atoms with E-state index >= 15 is 0 Å². The van der Waals surface area contributed by atoms with Crippen molar-refractivity contribution >= 4 is 23.3 Å². The van der Waals surface area contributed by atoms with E-state index in [9.17, 15) is 14.4 Å². The quantitative estimate of drug-likeness (QED) is 0.798. The molecule has 1 amide bonds. The van der Waals surface area contributed by atoms with Crippen molar-refractivity contribution in [3.63, 3.8) is 0 Å². The molecule has 2 rings (SSSR count). The summed E-state index contributed by atoms with van der Waals surface area (Å²) in [5.74, 6) is -1.08. The number of methoxy groups -OCH3 is 1. The minimum absolute atomic E-state index is 0.135. The first-order valence-corrected chi connectivity index (χ1v) is 6.56. The molecule has 1 aliphatic heterocycles. The summed E-state index contributed by atoms with van der Waals surface area (Å²) in [6.45, 7) is 3.42. The van der Waals surface area contributed by atoms with Gasteiger partial charge in [-0.25, -0.2) is 4.79 Å². The molecular formula is C15H17NO5. The maximum absolute atomic E-state index is 12.2. The van der Waals surface area contributed by atoms with Gasteiger partial charge in [0.1, 0.15) is 5.60 Å². The van der Waals surface area contributed by atoms with Gasteiger partial charge in [0.15, 0.2) is 5.78 Å². The number of hydrogen-bond donors (Lipinski definition) is 1. The van der Waals surface area contributed by atoms with Crippen molar-refractivity contribution in [1.29, 1.82) is 0 Å². The SMILES string of the molecule is COC(=O)c1ccc2c(c1)C(=O)CCOC(C)(C)C(=O)N2. The lowest BCUT2D eigenvalue weighted by atomic mass is 10.0. The van der Waals surface area contributed by atoms with E-state index in [0.717, 1.165) is 0 Å². The lowest BCUT2D eigenvalue weighted by Crippen LogP contribution is -2.39. The number of carbonyl (C=O) groups excluding carboxylic acids is 3. The second kappa shape index (κ2) is 5.65. The number of rotatable bonds is 1. The molecule has 1 aromatic rings. The van der Waals surface area contributed by atoms with Gasteiger partial charge in [0.05, 0.1) is 25.0 Å². The van der Waals surface area contributed by atoms with Crippen LogP contribution in [-0.2, 0) is 14.3 Å². The highest BCUT2D eigenvalue weighted by Gasteiger charge is 2.31. The van der Waals surface area contributed by atoms with E-state index in [1.165, 1.54) is 25.3 Å². The first-order chi connectivity index (χ1) is 9.85. The molecule has 0 fully saturated rings. The zero-order valence-corrected chi connectivity index (χ0v) is 12.2. The molecule has 0 aliphatic carbocycles. The largest absolute Gasteiger partial charge is 0.465 e. The Morgan fingerprint density at radius 3 is 2.71 bits per heavy atom. The molecular weight excluding hydrogens is 274 g/mol. The zero-order chi connectivity index (χ0) is 15.6. The molecule has 0 bridgehead atoms. The van der Waals surface area contributed by atoms with Gasteiger partial charge in [0.2, 0.25) is 0 Å². The van der Waals surface area contributed by atoms with E-state index in [1.807, 2.05) is 0 Å². The predicted molar refractivity (Wildman–Crippen MR) is 75.4 cm³/mol. The summed E-state index contributed by atoms with van der Waals surface area (Å²) in [5, 5.41) is 2.67. The number of nitrogens with one attached hydrogen (secondary N) is 1. The van der Waals surface area contributed by atoms with Crippen molar-refractivity contribution in [3.8, 4) is 0 Å². The van der Waals surface area contributed by atoms with E-state index in [2.05, 4.69) is 10.1 Å². The van der Waals surface area contributed by atoms with Crippen LogP contribution in [0.1, 0.15) is 41.0 Å². The number of anilines is 1. The third-order valence-corrected chi connectivity index (χ3v) is 3.33. The van der Waals surface area contributed by atoms with E-state index in [4.69, 9.17) is 4.74 Å². The fourth-order valence-corrected chi connectivity index (χ4v) is 2.00. The van der Waals surface area contributed by atoms with E-state index in [1.54, 1.807) is 13.8 Å². The van der Waals surface area contributed by atoms with E-state index < -0.39 is 11.6 Å². The van der Waals surface area contributed by atoms with Crippen molar-refractivity contribution < 1.29 is 23.9 Å². The molecule has 21 heavy (non-hydrogen) atoms. The first kappa shape index (κ1) is 15.2. The number of fused-ring (bicyclic) bond motifs is 1. The fourth-order valence-electron chi connectivity index (χ4n) is 2.00. The second-order valence-corrected chi connectivity index (χ2v) is 5.24. The van der Waals surface area contributed by atoms with Crippen LogP contribution in [0.25, 0.3) is 0 Å². The summed E-state index contributed by atoms with van der Waals surface area (Å²) in [6.07, 6.45) is 0.135. The van der Waals surface area contributed by atoms with Crippen molar-refractivity contribution in [2.24, 2.45) is 0 Å². The predicted octanol–water partition coefficient (Wildman–Crippen LogP) is 1.79. The molecule has 6 heteroatoms. The number of hydrogen-bond acceptors (Lipinski definition) is 5. The van der Waals surface area contributed by atoms with E-state index in [-0.39, 0.29) is 35.8 Å². The van der Waals surface area contributed by atoms with Crippen LogP contribution >= 0.6 is 0 Å². The summed E-state index contributed by atoms with van der Waals surface area (Å²) < 4.78 is 10.1. The number of amides is 1. The van der Waals surface area contributed by atoms with Crippen LogP contribution in [0.5, 0.6) is 0 Å². The standard InChI is InChI=1S/C15H17NO5/c1-15(2)14(19)16-11-5-4-9(13(18)20-3)8-10(11)12(17)6-7-21-15/h4-5,8H,6-7H2,1-3H3,(H,16,19).